The molecule has 0 saturated carbocycles. The number of nitriles is 1. The first kappa shape index (κ1) is 15.0. The molecule has 1 aromatic carbocycles. The summed E-state index contributed by atoms with van der Waals surface area (Å²) in [6.45, 7) is 1.53. The van der Waals surface area contributed by atoms with Crippen molar-refractivity contribution in [3.63, 3.8) is 0 Å². The fraction of sp³-hybridized carbons (Fsp3) is 0.438. The van der Waals surface area contributed by atoms with Crippen LogP contribution in [0.1, 0.15) is 42.5 Å². The van der Waals surface area contributed by atoms with E-state index in [9.17, 15) is 9.59 Å². The van der Waals surface area contributed by atoms with E-state index < -0.39 is 5.91 Å². The summed E-state index contributed by atoms with van der Waals surface area (Å²) in [4.78, 5) is 26.0. The van der Waals surface area contributed by atoms with E-state index in [4.69, 9.17) is 5.26 Å². The monoisotopic (exact) mass is 285 g/mol. The molecule has 1 aliphatic rings. The van der Waals surface area contributed by atoms with Gasteiger partial charge >= 0.3 is 0 Å². The molecule has 1 aromatic rings. The minimum atomic E-state index is -0.395. The topological polar surface area (TPSA) is 73.2 Å². The molecular weight excluding hydrogens is 266 g/mol. The summed E-state index contributed by atoms with van der Waals surface area (Å²) < 4.78 is 0. The van der Waals surface area contributed by atoms with Crippen LogP contribution < -0.4 is 5.32 Å². The number of amides is 2. The number of rotatable bonds is 3. The molecule has 0 aromatic heterocycles. The minimum absolute atomic E-state index is 0.0512. The molecule has 0 radical (unpaired) electrons. The Labute approximate surface area is 124 Å². The molecule has 5 heteroatoms. The Morgan fingerprint density at radius 1 is 1.14 bits per heavy atom. The predicted molar refractivity (Wildman–Crippen MR) is 79.7 cm³/mol. The molecule has 2 amide bonds. The highest BCUT2D eigenvalue weighted by molar-refractivity contribution is 6.04. The highest BCUT2D eigenvalue weighted by Gasteiger charge is 2.20. The van der Waals surface area contributed by atoms with Crippen molar-refractivity contribution < 1.29 is 9.59 Å². The molecule has 0 atom stereocenters. The number of para-hydroxylation sites is 1. The second kappa shape index (κ2) is 7.44. The summed E-state index contributed by atoms with van der Waals surface area (Å²) in [5.41, 5.74) is 0.970. The van der Waals surface area contributed by atoms with E-state index >= 15 is 0 Å². The van der Waals surface area contributed by atoms with Gasteiger partial charge in [0.2, 0.25) is 5.91 Å². The smallest absolute Gasteiger partial charge is 0.255 e. The van der Waals surface area contributed by atoms with E-state index in [-0.39, 0.29) is 12.3 Å². The Balaban J connectivity index is 2.16. The first-order valence-electron chi connectivity index (χ1n) is 7.27. The summed E-state index contributed by atoms with van der Waals surface area (Å²) in [5, 5.41) is 11.2. The van der Waals surface area contributed by atoms with Crippen molar-refractivity contribution in [2.24, 2.45) is 0 Å². The van der Waals surface area contributed by atoms with Gasteiger partial charge in [-0.2, -0.15) is 5.26 Å². The van der Waals surface area contributed by atoms with Gasteiger partial charge in [-0.1, -0.05) is 25.0 Å². The van der Waals surface area contributed by atoms with Crippen LogP contribution in [0.5, 0.6) is 0 Å². The first-order chi connectivity index (χ1) is 10.2. The van der Waals surface area contributed by atoms with Gasteiger partial charge in [-0.25, -0.2) is 0 Å². The number of anilines is 1. The van der Waals surface area contributed by atoms with Crippen LogP contribution in [0.15, 0.2) is 24.3 Å². The van der Waals surface area contributed by atoms with Crippen LogP contribution in [0, 0.1) is 11.3 Å². The van der Waals surface area contributed by atoms with Crippen molar-refractivity contribution in [2.45, 2.75) is 32.1 Å². The Kier molecular flexibility index (Phi) is 5.33. The lowest BCUT2D eigenvalue weighted by atomic mass is 10.1. The summed E-state index contributed by atoms with van der Waals surface area (Å²) in [6.07, 6.45) is 4.14. The lowest BCUT2D eigenvalue weighted by molar-refractivity contribution is -0.115. The number of carbonyl (C=O) groups is 2. The largest absolute Gasteiger partial charge is 0.339 e. The standard InChI is InChI=1S/C16H19N3O2/c17-10-9-15(20)18-14-8-4-3-7-13(14)16(21)19-11-5-1-2-6-12-19/h3-4,7-8H,1-2,5-6,9,11-12H2,(H,18,20). The first-order valence-corrected chi connectivity index (χ1v) is 7.27. The number of nitrogens with one attached hydrogen (secondary N) is 1. The number of hydrogen-bond acceptors (Lipinski definition) is 3. The van der Waals surface area contributed by atoms with Gasteiger partial charge in [-0.15, -0.1) is 0 Å². The van der Waals surface area contributed by atoms with Crippen LogP contribution >= 0.6 is 0 Å². The zero-order chi connectivity index (χ0) is 15.1. The predicted octanol–water partition coefficient (Wildman–Crippen LogP) is 2.55. The van der Waals surface area contributed by atoms with Crippen molar-refractivity contribution in [2.75, 3.05) is 18.4 Å². The summed E-state index contributed by atoms with van der Waals surface area (Å²) in [7, 11) is 0. The molecule has 0 unspecified atom stereocenters. The van der Waals surface area contributed by atoms with E-state index in [2.05, 4.69) is 5.32 Å². The normalized spacial score (nSPS) is 14.9. The molecule has 2 rings (SSSR count). The van der Waals surface area contributed by atoms with E-state index in [0.717, 1.165) is 38.8 Å². The van der Waals surface area contributed by atoms with E-state index in [1.807, 2.05) is 4.90 Å². The molecule has 0 spiro atoms. The Hall–Kier alpha value is -2.35. The molecule has 1 saturated heterocycles. The van der Waals surface area contributed by atoms with Gasteiger partial charge in [0.1, 0.15) is 6.42 Å². The van der Waals surface area contributed by atoms with Crippen LogP contribution in [-0.2, 0) is 4.79 Å². The van der Waals surface area contributed by atoms with Crippen LogP contribution in [0.4, 0.5) is 5.69 Å². The highest BCUT2D eigenvalue weighted by atomic mass is 16.2. The van der Waals surface area contributed by atoms with Gasteiger partial charge in [0.25, 0.3) is 5.91 Å². The van der Waals surface area contributed by atoms with Gasteiger partial charge in [0.05, 0.1) is 17.3 Å². The lowest BCUT2D eigenvalue weighted by Gasteiger charge is -2.21. The third-order valence-electron chi connectivity index (χ3n) is 3.56. The number of carbonyl (C=O) groups excluding carboxylic acids is 2. The van der Waals surface area contributed by atoms with E-state index in [1.165, 1.54) is 0 Å². The maximum Gasteiger partial charge on any atom is 0.255 e. The molecule has 1 fully saturated rings. The fourth-order valence-corrected chi connectivity index (χ4v) is 2.49. The molecule has 0 bridgehead atoms. The van der Waals surface area contributed by atoms with Crippen LogP contribution in [0.3, 0.4) is 0 Å². The molecule has 21 heavy (non-hydrogen) atoms. The highest BCUT2D eigenvalue weighted by Crippen LogP contribution is 2.20. The number of likely N-dealkylation sites (tertiary alicyclic amines) is 1. The van der Waals surface area contributed by atoms with Gasteiger partial charge in [0.15, 0.2) is 0 Å². The average molecular weight is 285 g/mol. The number of nitrogens with zero attached hydrogens (tertiary/aromatic N) is 2. The van der Waals surface area contributed by atoms with Gasteiger partial charge < -0.3 is 10.2 Å². The molecule has 1 heterocycles. The van der Waals surface area contributed by atoms with Crippen LogP contribution in [0.2, 0.25) is 0 Å². The van der Waals surface area contributed by atoms with Gasteiger partial charge in [-0.05, 0) is 25.0 Å². The van der Waals surface area contributed by atoms with Crippen molar-refractivity contribution in [1.82, 2.24) is 4.90 Å². The second-order valence-electron chi connectivity index (χ2n) is 5.14. The Morgan fingerprint density at radius 3 is 2.48 bits per heavy atom. The molecule has 1 aliphatic heterocycles. The third-order valence-corrected chi connectivity index (χ3v) is 3.56. The number of benzene rings is 1. The fourth-order valence-electron chi connectivity index (χ4n) is 2.49. The average Bonchev–Trinajstić information content (AvgIpc) is 2.76. The Morgan fingerprint density at radius 2 is 1.81 bits per heavy atom. The van der Waals surface area contributed by atoms with Crippen molar-refractivity contribution in [1.29, 1.82) is 5.26 Å². The van der Waals surface area contributed by atoms with E-state index in [0.29, 0.717) is 11.3 Å². The molecule has 1 N–H and O–H groups in total. The summed E-state index contributed by atoms with van der Waals surface area (Å²) >= 11 is 0. The van der Waals surface area contributed by atoms with Crippen molar-refractivity contribution in [3.05, 3.63) is 29.8 Å². The number of hydrogen-bond donors (Lipinski definition) is 1. The molecule has 110 valence electrons. The van der Waals surface area contributed by atoms with Crippen LogP contribution in [-0.4, -0.2) is 29.8 Å². The van der Waals surface area contributed by atoms with Gasteiger partial charge in [0, 0.05) is 13.1 Å². The maximum atomic E-state index is 12.6. The van der Waals surface area contributed by atoms with Crippen molar-refractivity contribution in [3.8, 4) is 6.07 Å². The minimum Gasteiger partial charge on any atom is -0.339 e. The zero-order valence-corrected chi connectivity index (χ0v) is 12.0. The Bertz CT molecular complexity index is 555. The van der Waals surface area contributed by atoms with Gasteiger partial charge in [-0.3, -0.25) is 9.59 Å². The summed E-state index contributed by atoms with van der Waals surface area (Å²) in [5.74, 6) is -0.446. The maximum absolute atomic E-state index is 12.6. The zero-order valence-electron chi connectivity index (χ0n) is 12.0. The van der Waals surface area contributed by atoms with Crippen LogP contribution in [0.25, 0.3) is 0 Å². The third kappa shape index (κ3) is 4.06. The quantitative estimate of drug-likeness (QED) is 0.927. The molecule has 5 nitrogen and oxygen atoms in total. The summed E-state index contributed by atoms with van der Waals surface area (Å²) in [6, 6.07) is 8.76. The van der Waals surface area contributed by atoms with E-state index in [1.54, 1.807) is 30.3 Å². The molecular formula is C16H19N3O2. The van der Waals surface area contributed by atoms with Crippen molar-refractivity contribution >= 4 is 17.5 Å². The SMILES string of the molecule is N#CCC(=O)Nc1ccccc1C(=O)N1CCCCCC1. The second-order valence-corrected chi connectivity index (χ2v) is 5.14. The molecule has 0 aliphatic carbocycles. The lowest BCUT2D eigenvalue weighted by Crippen LogP contribution is -2.32.